The number of aldehydes is 1. The van der Waals surface area contributed by atoms with E-state index in [0.29, 0.717) is 0 Å². The van der Waals surface area contributed by atoms with Crippen molar-refractivity contribution >= 4 is 17.6 Å². The van der Waals surface area contributed by atoms with E-state index in [4.69, 9.17) is 5.11 Å². The Morgan fingerprint density at radius 3 is 2.40 bits per heavy atom. The van der Waals surface area contributed by atoms with Crippen LogP contribution in [0.5, 0.6) is 0 Å². The summed E-state index contributed by atoms with van der Waals surface area (Å²) in [6.45, 7) is 0.0598. The lowest BCUT2D eigenvalue weighted by Gasteiger charge is -1.98. The first-order valence-electron chi connectivity index (χ1n) is 4.58. The van der Waals surface area contributed by atoms with E-state index in [-0.39, 0.29) is 6.61 Å². The molecule has 0 aliphatic carbocycles. The van der Waals surface area contributed by atoms with Gasteiger partial charge in [0.15, 0.2) is 6.29 Å². The highest BCUT2D eigenvalue weighted by Crippen LogP contribution is 2.27. The molecule has 0 aliphatic rings. The first-order chi connectivity index (χ1) is 7.33. The zero-order valence-corrected chi connectivity index (χ0v) is 8.83. The van der Waals surface area contributed by atoms with Gasteiger partial charge in [0, 0.05) is 4.88 Å². The topological polar surface area (TPSA) is 37.3 Å². The van der Waals surface area contributed by atoms with E-state index in [1.54, 1.807) is 0 Å². The van der Waals surface area contributed by atoms with E-state index in [1.807, 2.05) is 36.4 Å². The number of benzene rings is 1. The second-order valence-corrected chi connectivity index (χ2v) is 4.29. The summed E-state index contributed by atoms with van der Waals surface area (Å²) in [6, 6.07) is 11.4. The number of aliphatic hydroxyl groups is 1. The summed E-state index contributed by atoms with van der Waals surface area (Å²) in [6.07, 6.45) is 0.857. The molecule has 0 unspecified atom stereocenters. The Labute approximate surface area is 91.8 Å². The fourth-order valence-electron chi connectivity index (χ4n) is 1.35. The molecule has 1 N–H and O–H groups in total. The predicted octanol–water partition coefficient (Wildman–Crippen LogP) is 2.72. The lowest BCUT2D eigenvalue weighted by Crippen LogP contribution is -1.81. The van der Waals surface area contributed by atoms with Gasteiger partial charge >= 0.3 is 0 Å². The number of carbonyl (C=O) groups excluding carboxylic acids is 1. The van der Waals surface area contributed by atoms with Crippen LogP contribution < -0.4 is 0 Å². The Bertz CT molecular complexity index is 457. The second kappa shape index (κ2) is 4.38. The van der Waals surface area contributed by atoms with Crippen molar-refractivity contribution in [3.8, 4) is 10.4 Å². The largest absolute Gasteiger partial charge is 0.392 e. The zero-order valence-electron chi connectivity index (χ0n) is 8.01. The molecule has 2 nitrogen and oxygen atoms in total. The summed E-state index contributed by atoms with van der Waals surface area (Å²) in [5.74, 6) is 0. The van der Waals surface area contributed by atoms with Gasteiger partial charge < -0.3 is 5.11 Å². The summed E-state index contributed by atoms with van der Waals surface area (Å²) < 4.78 is 0. The molecule has 1 heterocycles. The van der Waals surface area contributed by atoms with Crippen LogP contribution in [0.15, 0.2) is 36.4 Å². The van der Waals surface area contributed by atoms with Gasteiger partial charge in [0.05, 0.1) is 11.5 Å². The van der Waals surface area contributed by atoms with E-state index in [1.165, 1.54) is 11.3 Å². The third-order valence-corrected chi connectivity index (χ3v) is 3.22. The van der Waals surface area contributed by atoms with Crippen molar-refractivity contribution in [3.05, 3.63) is 46.8 Å². The first kappa shape index (κ1) is 10.1. The minimum absolute atomic E-state index is 0.0598. The van der Waals surface area contributed by atoms with Crippen LogP contribution in [-0.2, 0) is 6.61 Å². The highest BCUT2D eigenvalue weighted by molar-refractivity contribution is 7.17. The molecule has 2 aromatic rings. The van der Waals surface area contributed by atoms with Crippen molar-refractivity contribution in [2.75, 3.05) is 0 Å². The van der Waals surface area contributed by atoms with Gasteiger partial charge in [-0.05, 0) is 23.3 Å². The maximum Gasteiger partial charge on any atom is 0.160 e. The van der Waals surface area contributed by atoms with Gasteiger partial charge in [0.1, 0.15) is 0 Å². The van der Waals surface area contributed by atoms with E-state index in [2.05, 4.69) is 0 Å². The summed E-state index contributed by atoms with van der Waals surface area (Å²) in [5.41, 5.74) is 1.97. The maximum absolute atomic E-state index is 10.5. The van der Waals surface area contributed by atoms with Crippen LogP contribution in [-0.4, -0.2) is 11.4 Å². The lowest BCUT2D eigenvalue weighted by molar-refractivity contribution is 0.112. The van der Waals surface area contributed by atoms with Crippen molar-refractivity contribution in [3.63, 3.8) is 0 Å². The van der Waals surface area contributed by atoms with Crippen LogP contribution in [0, 0.1) is 0 Å². The van der Waals surface area contributed by atoms with Gasteiger partial charge in [-0.3, -0.25) is 4.79 Å². The summed E-state index contributed by atoms with van der Waals surface area (Å²) in [4.78, 5) is 12.3. The van der Waals surface area contributed by atoms with E-state index < -0.39 is 0 Å². The predicted molar refractivity (Wildman–Crippen MR) is 61.1 cm³/mol. The summed E-state index contributed by atoms with van der Waals surface area (Å²) in [7, 11) is 0. The highest BCUT2D eigenvalue weighted by Gasteiger charge is 2.01. The maximum atomic E-state index is 10.5. The van der Waals surface area contributed by atoms with Crippen molar-refractivity contribution in [1.29, 1.82) is 0 Å². The van der Waals surface area contributed by atoms with Crippen molar-refractivity contribution in [2.24, 2.45) is 0 Å². The molecular formula is C12H10O2S. The zero-order chi connectivity index (χ0) is 10.7. The molecule has 15 heavy (non-hydrogen) atoms. The van der Waals surface area contributed by atoms with Crippen molar-refractivity contribution in [2.45, 2.75) is 6.61 Å². The number of carbonyl (C=O) groups is 1. The molecule has 0 saturated carbocycles. The molecule has 0 fully saturated rings. The van der Waals surface area contributed by atoms with Crippen LogP contribution >= 0.6 is 11.3 Å². The SMILES string of the molecule is O=Cc1ccc(-c2ccc(CO)cc2)s1. The van der Waals surface area contributed by atoms with Gasteiger partial charge in [-0.1, -0.05) is 24.3 Å². The van der Waals surface area contributed by atoms with Gasteiger partial charge in [-0.15, -0.1) is 11.3 Å². The molecule has 0 atom stereocenters. The normalized spacial score (nSPS) is 10.2. The third kappa shape index (κ3) is 2.14. The summed E-state index contributed by atoms with van der Waals surface area (Å²) in [5, 5.41) is 8.90. The Hall–Kier alpha value is -1.45. The molecule has 1 aromatic heterocycles. The molecule has 0 bridgehead atoms. The Balaban J connectivity index is 2.32. The number of hydrogen-bond acceptors (Lipinski definition) is 3. The third-order valence-electron chi connectivity index (χ3n) is 2.16. The molecule has 1 aromatic carbocycles. The first-order valence-corrected chi connectivity index (χ1v) is 5.40. The van der Waals surface area contributed by atoms with Gasteiger partial charge in [-0.2, -0.15) is 0 Å². The fraction of sp³-hybridized carbons (Fsp3) is 0.0833. The summed E-state index contributed by atoms with van der Waals surface area (Å²) >= 11 is 1.47. The van der Waals surface area contributed by atoms with Crippen molar-refractivity contribution < 1.29 is 9.90 Å². The highest BCUT2D eigenvalue weighted by atomic mass is 32.1. The van der Waals surface area contributed by atoms with E-state index >= 15 is 0 Å². The lowest BCUT2D eigenvalue weighted by atomic mass is 10.1. The quantitative estimate of drug-likeness (QED) is 0.804. The molecule has 2 rings (SSSR count). The van der Waals surface area contributed by atoms with E-state index in [0.717, 1.165) is 27.2 Å². The molecule has 0 amide bonds. The van der Waals surface area contributed by atoms with Crippen molar-refractivity contribution in [1.82, 2.24) is 0 Å². The number of aliphatic hydroxyl groups excluding tert-OH is 1. The van der Waals surface area contributed by atoms with Crippen LogP contribution in [0.25, 0.3) is 10.4 Å². The monoisotopic (exact) mass is 218 g/mol. The molecule has 0 saturated heterocycles. The Morgan fingerprint density at radius 2 is 1.87 bits per heavy atom. The second-order valence-electron chi connectivity index (χ2n) is 3.17. The van der Waals surface area contributed by atoms with Crippen LogP contribution in [0.2, 0.25) is 0 Å². The van der Waals surface area contributed by atoms with Crippen LogP contribution in [0.1, 0.15) is 15.2 Å². The Morgan fingerprint density at radius 1 is 1.13 bits per heavy atom. The molecule has 0 aliphatic heterocycles. The molecular weight excluding hydrogens is 208 g/mol. The Kier molecular flexibility index (Phi) is 2.94. The fourth-order valence-corrected chi connectivity index (χ4v) is 2.17. The minimum Gasteiger partial charge on any atom is -0.392 e. The molecule has 0 spiro atoms. The van der Waals surface area contributed by atoms with Crippen LogP contribution in [0.4, 0.5) is 0 Å². The molecule has 76 valence electrons. The molecule has 0 radical (unpaired) electrons. The van der Waals surface area contributed by atoms with Gasteiger partial charge in [0.25, 0.3) is 0 Å². The van der Waals surface area contributed by atoms with Gasteiger partial charge in [0.2, 0.25) is 0 Å². The average Bonchev–Trinajstić information content (AvgIpc) is 2.78. The standard InChI is InChI=1S/C12H10O2S/c13-7-9-1-3-10(4-2-9)12-6-5-11(8-14)15-12/h1-6,8,13H,7H2. The van der Waals surface area contributed by atoms with E-state index in [9.17, 15) is 4.79 Å². The number of hydrogen-bond donors (Lipinski definition) is 1. The van der Waals surface area contributed by atoms with Gasteiger partial charge in [-0.25, -0.2) is 0 Å². The minimum atomic E-state index is 0.0598. The van der Waals surface area contributed by atoms with Crippen LogP contribution in [0.3, 0.4) is 0 Å². The number of rotatable bonds is 3. The molecule has 3 heteroatoms. The number of thiophene rings is 1. The smallest absolute Gasteiger partial charge is 0.160 e. The average molecular weight is 218 g/mol.